The van der Waals surface area contributed by atoms with E-state index in [1.54, 1.807) is 6.07 Å². The highest BCUT2D eigenvalue weighted by Gasteiger charge is 2.14. The molecule has 0 aliphatic carbocycles. The summed E-state index contributed by atoms with van der Waals surface area (Å²) in [5.41, 5.74) is 1.88. The maximum atomic E-state index is 13.7. The van der Waals surface area contributed by atoms with Crippen LogP contribution >= 0.6 is 15.9 Å². The van der Waals surface area contributed by atoms with Gasteiger partial charge in [-0.1, -0.05) is 46.3 Å². The van der Waals surface area contributed by atoms with Gasteiger partial charge in [-0.25, -0.2) is 4.39 Å². The van der Waals surface area contributed by atoms with E-state index in [-0.39, 0.29) is 17.9 Å². The van der Waals surface area contributed by atoms with Crippen molar-refractivity contribution in [2.24, 2.45) is 0 Å². The van der Waals surface area contributed by atoms with Crippen molar-refractivity contribution in [2.45, 2.75) is 25.9 Å². The van der Waals surface area contributed by atoms with E-state index in [4.69, 9.17) is 0 Å². The lowest BCUT2D eigenvalue weighted by Crippen LogP contribution is -2.23. The van der Waals surface area contributed by atoms with E-state index in [9.17, 15) is 4.39 Å². The van der Waals surface area contributed by atoms with Crippen molar-refractivity contribution in [3.05, 3.63) is 69.9 Å². The molecule has 0 saturated heterocycles. The van der Waals surface area contributed by atoms with Crippen LogP contribution in [0.2, 0.25) is 0 Å². The molecule has 0 aliphatic heterocycles. The number of nitrogens with one attached hydrogen (secondary N) is 1. The van der Waals surface area contributed by atoms with Gasteiger partial charge in [0.15, 0.2) is 0 Å². The predicted octanol–water partition coefficient (Wildman–Crippen LogP) is 5.00. The molecule has 2 aromatic rings. The Morgan fingerprint density at radius 2 is 1.74 bits per heavy atom. The second kappa shape index (κ2) is 6.31. The standard InChI is InChI=1S/C16H17BrFN/c1-11(13-6-5-7-14(17)10-13)19-12(2)15-8-3-4-9-16(15)18/h3-12,19H,1-2H3/t11?,12-/m1/s1. The molecule has 2 aromatic carbocycles. The zero-order chi connectivity index (χ0) is 13.8. The zero-order valence-corrected chi connectivity index (χ0v) is 12.6. The molecule has 0 heterocycles. The average Bonchev–Trinajstić information content (AvgIpc) is 2.39. The van der Waals surface area contributed by atoms with E-state index in [1.807, 2.05) is 31.2 Å². The third kappa shape index (κ3) is 3.64. The monoisotopic (exact) mass is 321 g/mol. The number of hydrogen-bond acceptors (Lipinski definition) is 1. The van der Waals surface area contributed by atoms with E-state index in [0.29, 0.717) is 5.56 Å². The van der Waals surface area contributed by atoms with Crippen LogP contribution in [0.1, 0.15) is 37.1 Å². The third-order valence-electron chi connectivity index (χ3n) is 3.22. The first-order chi connectivity index (χ1) is 9.08. The number of hydrogen-bond donors (Lipinski definition) is 1. The number of benzene rings is 2. The van der Waals surface area contributed by atoms with Gasteiger partial charge >= 0.3 is 0 Å². The van der Waals surface area contributed by atoms with Crippen molar-refractivity contribution in [3.63, 3.8) is 0 Å². The summed E-state index contributed by atoms with van der Waals surface area (Å²) in [5.74, 6) is -0.163. The fourth-order valence-electron chi connectivity index (χ4n) is 2.16. The van der Waals surface area contributed by atoms with Gasteiger partial charge in [0, 0.05) is 22.1 Å². The Hall–Kier alpha value is -1.19. The summed E-state index contributed by atoms with van der Waals surface area (Å²) in [6.07, 6.45) is 0. The fourth-order valence-corrected chi connectivity index (χ4v) is 2.58. The van der Waals surface area contributed by atoms with Crippen molar-refractivity contribution in [2.75, 3.05) is 0 Å². The Kier molecular flexibility index (Phi) is 4.72. The number of halogens is 2. The predicted molar refractivity (Wildman–Crippen MR) is 80.5 cm³/mol. The van der Waals surface area contributed by atoms with Gasteiger partial charge in [-0.15, -0.1) is 0 Å². The van der Waals surface area contributed by atoms with Crippen LogP contribution in [0.5, 0.6) is 0 Å². The maximum absolute atomic E-state index is 13.7. The van der Waals surface area contributed by atoms with Gasteiger partial charge in [0.2, 0.25) is 0 Å². The molecule has 0 amide bonds. The van der Waals surface area contributed by atoms with Gasteiger partial charge in [0.05, 0.1) is 0 Å². The molecule has 0 radical (unpaired) electrons. The fraction of sp³-hybridized carbons (Fsp3) is 0.250. The molecule has 2 atom stereocenters. The molecule has 1 unspecified atom stereocenters. The van der Waals surface area contributed by atoms with Crippen molar-refractivity contribution >= 4 is 15.9 Å². The van der Waals surface area contributed by atoms with Crippen LogP contribution < -0.4 is 5.32 Å². The molecule has 3 heteroatoms. The van der Waals surface area contributed by atoms with Gasteiger partial charge in [0.25, 0.3) is 0 Å². The van der Waals surface area contributed by atoms with E-state index < -0.39 is 0 Å². The van der Waals surface area contributed by atoms with Crippen LogP contribution in [-0.4, -0.2) is 0 Å². The molecule has 1 nitrogen and oxygen atoms in total. The van der Waals surface area contributed by atoms with Crippen molar-refractivity contribution in [1.29, 1.82) is 0 Å². The highest BCUT2D eigenvalue weighted by atomic mass is 79.9. The van der Waals surface area contributed by atoms with Crippen LogP contribution in [0.15, 0.2) is 53.0 Å². The van der Waals surface area contributed by atoms with Crippen LogP contribution in [0.4, 0.5) is 4.39 Å². The smallest absolute Gasteiger partial charge is 0.127 e. The molecule has 0 aliphatic rings. The third-order valence-corrected chi connectivity index (χ3v) is 3.71. The van der Waals surface area contributed by atoms with Gasteiger partial charge in [-0.05, 0) is 37.6 Å². The van der Waals surface area contributed by atoms with Crippen molar-refractivity contribution < 1.29 is 4.39 Å². The summed E-state index contributed by atoms with van der Waals surface area (Å²) in [6, 6.07) is 15.2. The van der Waals surface area contributed by atoms with E-state index >= 15 is 0 Å². The maximum Gasteiger partial charge on any atom is 0.127 e. The van der Waals surface area contributed by atoms with Crippen LogP contribution in [0, 0.1) is 5.82 Å². The lowest BCUT2D eigenvalue weighted by atomic mass is 10.0. The van der Waals surface area contributed by atoms with Gasteiger partial charge in [-0.3, -0.25) is 0 Å². The Labute approximate surface area is 122 Å². The van der Waals surface area contributed by atoms with Gasteiger partial charge < -0.3 is 5.32 Å². The van der Waals surface area contributed by atoms with Crippen molar-refractivity contribution in [1.82, 2.24) is 5.32 Å². The van der Waals surface area contributed by atoms with E-state index in [2.05, 4.69) is 40.3 Å². The quantitative estimate of drug-likeness (QED) is 0.835. The molecule has 1 N–H and O–H groups in total. The number of rotatable bonds is 4. The van der Waals surface area contributed by atoms with Crippen molar-refractivity contribution in [3.8, 4) is 0 Å². The lowest BCUT2D eigenvalue weighted by Gasteiger charge is -2.21. The first-order valence-electron chi connectivity index (χ1n) is 6.34. The minimum Gasteiger partial charge on any atom is -0.304 e. The summed E-state index contributed by atoms with van der Waals surface area (Å²) < 4.78 is 14.8. The molecule has 0 fully saturated rings. The van der Waals surface area contributed by atoms with Crippen LogP contribution in [0.3, 0.4) is 0 Å². The summed E-state index contributed by atoms with van der Waals surface area (Å²) in [6.45, 7) is 4.06. The second-order valence-electron chi connectivity index (χ2n) is 4.69. The Bertz CT molecular complexity index is 556. The molecule has 19 heavy (non-hydrogen) atoms. The van der Waals surface area contributed by atoms with Crippen LogP contribution in [0.25, 0.3) is 0 Å². The molecule has 0 aromatic heterocycles. The van der Waals surface area contributed by atoms with Gasteiger partial charge in [0.1, 0.15) is 5.82 Å². The molecular formula is C16H17BrFN. The molecule has 0 bridgehead atoms. The lowest BCUT2D eigenvalue weighted by molar-refractivity contribution is 0.474. The molecular weight excluding hydrogens is 305 g/mol. The zero-order valence-electron chi connectivity index (χ0n) is 11.0. The first kappa shape index (κ1) is 14.2. The Morgan fingerprint density at radius 1 is 1.00 bits per heavy atom. The molecule has 100 valence electrons. The second-order valence-corrected chi connectivity index (χ2v) is 5.60. The summed E-state index contributed by atoms with van der Waals surface area (Å²) in [7, 11) is 0. The van der Waals surface area contributed by atoms with E-state index in [0.717, 1.165) is 4.47 Å². The average molecular weight is 322 g/mol. The minimum atomic E-state index is -0.163. The molecule has 0 spiro atoms. The summed E-state index contributed by atoms with van der Waals surface area (Å²) in [4.78, 5) is 0. The minimum absolute atomic E-state index is 0.0322. The first-order valence-corrected chi connectivity index (χ1v) is 7.13. The van der Waals surface area contributed by atoms with E-state index in [1.165, 1.54) is 11.6 Å². The Morgan fingerprint density at radius 3 is 2.42 bits per heavy atom. The Balaban J connectivity index is 2.11. The molecule has 2 rings (SSSR count). The summed E-state index contributed by atoms with van der Waals surface area (Å²) >= 11 is 3.47. The topological polar surface area (TPSA) is 12.0 Å². The molecule has 0 saturated carbocycles. The van der Waals surface area contributed by atoms with Gasteiger partial charge in [-0.2, -0.15) is 0 Å². The largest absolute Gasteiger partial charge is 0.304 e. The SMILES string of the molecule is CC(N[C@H](C)c1ccccc1F)c1cccc(Br)c1. The van der Waals surface area contributed by atoms with Crippen LogP contribution in [-0.2, 0) is 0 Å². The normalized spacial score (nSPS) is 14.1. The highest BCUT2D eigenvalue weighted by molar-refractivity contribution is 9.10. The summed E-state index contributed by atoms with van der Waals surface area (Å²) in [5, 5.41) is 3.42. The highest BCUT2D eigenvalue weighted by Crippen LogP contribution is 2.23.